The van der Waals surface area contributed by atoms with Gasteiger partial charge in [-0.05, 0) is 35.3 Å². The van der Waals surface area contributed by atoms with E-state index in [1.807, 2.05) is 0 Å². The lowest BCUT2D eigenvalue weighted by Gasteiger charge is -1.94. The third kappa shape index (κ3) is 2.02. The van der Waals surface area contributed by atoms with E-state index < -0.39 is 5.97 Å². The summed E-state index contributed by atoms with van der Waals surface area (Å²) in [5.74, 6) is -1.37. The van der Waals surface area contributed by atoms with Crippen molar-refractivity contribution in [1.82, 2.24) is 4.37 Å². The summed E-state index contributed by atoms with van der Waals surface area (Å²) < 4.78 is 16.4. The molecule has 1 heterocycles. The topological polar surface area (TPSA) is 50.2 Å². The highest BCUT2D eigenvalue weighted by Crippen LogP contribution is 2.24. The number of nitrogens with zero attached hydrogens (tertiary/aromatic N) is 1. The van der Waals surface area contributed by atoms with Crippen LogP contribution in [0.15, 0.2) is 30.3 Å². The van der Waals surface area contributed by atoms with Crippen LogP contribution >= 0.6 is 11.5 Å². The summed E-state index contributed by atoms with van der Waals surface area (Å²) in [5, 5.41) is 8.67. The summed E-state index contributed by atoms with van der Waals surface area (Å²) in [6, 6.07) is 7.31. The van der Waals surface area contributed by atoms with Crippen molar-refractivity contribution in [2.75, 3.05) is 0 Å². The van der Waals surface area contributed by atoms with Crippen molar-refractivity contribution in [2.45, 2.75) is 0 Å². The first-order chi connectivity index (χ1) is 7.16. The van der Waals surface area contributed by atoms with Gasteiger partial charge in [-0.3, -0.25) is 0 Å². The largest absolute Gasteiger partial charge is 0.476 e. The fourth-order valence-corrected chi connectivity index (χ4v) is 1.86. The van der Waals surface area contributed by atoms with Crippen LogP contribution in [0.4, 0.5) is 4.39 Å². The van der Waals surface area contributed by atoms with Gasteiger partial charge in [0.05, 0.1) is 4.88 Å². The van der Waals surface area contributed by atoms with Crippen molar-refractivity contribution in [2.24, 2.45) is 0 Å². The number of aromatic nitrogens is 1. The molecule has 2 rings (SSSR count). The highest BCUT2D eigenvalue weighted by Gasteiger charge is 2.09. The molecule has 3 nitrogen and oxygen atoms in total. The highest BCUT2D eigenvalue weighted by molar-refractivity contribution is 7.09. The molecule has 1 aromatic heterocycles. The minimum absolute atomic E-state index is 0.0133. The molecule has 15 heavy (non-hydrogen) atoms. The molecular weight excluding hydrogens is 217 g/mol. The third-order valence-corrected chi connectivity index (χ3v) is 2.70. The van der Waals surface area contributed by atoms with E-state index in [2.05, 4.69) is 4.37 Å². The van der Waals surface area contributed by atoms with E-state index in [9.17, 15) is 9.18 Å². The molecule has 0 aliphatic rings. The summed E-state index contributed by atoms with van der Waals surface area (Å²) >= 11 is 1.08. The maximum Gasteiger partial charge on any atom is 0.355 e. The summed E-state index contributed by atoms with van der Waals surface area (Å²) in [6.07, 6.45) is 0. The molecule has 5 heteroatoms. The molecule has 2 aromatic rings. The number of aromatic carboxylic acids is 1. The second-order valence-electron chi connectivity index (χ2n) is 2.89. The van der Waals surface area contributed by atoms with Gasteiger partial charge < -0.3 is 5.11 Å². The molecule has 0 fully saturated rings. The number of carboxylic acid groups (broad SMARTS) is 1. The van der Waals surface area contributed by atoms with Crippen LogP contribution in [0.5, 0.6) is 0 Å². The van der Waals surface area contributed by atoms with E-state index in [0.29, 0.717) is 4.88 Å². The fourth-order valence-electron chi connectivity index (χ4n) is 1.13. The van der Waals surface area contributed by atoms with Crippen molar-refractivity contribution in [3.63, 3.8) is 0 Å². The molecule has 0 unspecified atom stereocenters. The van der Waals surface area contributed by atoms with Gasteiger partial charge in [-0.1, -0.05) is 12.1 Å². The summed E-state index contributed by atoms with van der Waals surface area (Å²) in [7, 11) is 0. The lowest BCUT2D eigenvalue weighted by molar-refractivity contribution is 0.0692. The number of carboxylic acids is 1. The molecule has 0 saturated carbocycles. The van der Waals surface area contributed by atoms with Gasteiger partial charge in [0.25, 0.3) is 0 Å². The highest BCUT2D eigenvalue weighted by atomic mass is 32.1. The van der Waals surface area contributed by atoms with Crippen molar-refractivity contribution in [1.29, 1.82) is 0 Å². The van der Waals surface area contributed by atoms with Gasteiger partial charge in [0.2, 0.25) is 0 Å². The number of hydrogen-bond acceptors (Lipinski definition) is 3. The van der Waals surface area contributed by atoms with E-state index >= 15 is 0 Å². The van der Waals surface area contributed by atoms with E-state index in [1.165, 1.54) is 18.2 Å². The zero-order valence-corrected chi connectivity index (χ0v) is 8.29. The second kappa shape index (κ2) is 3.78. The number of carbonyl (C=O) groups is 1. The standard InChI is InChI=1S/C10H6FNO2S/c11-7-3-1-6(2-4-7)9-5-8(10(13)14)12-15-9/h1-5H,(H,13,14). The van der Waals surface area contributed by atoms with Gasteiger partial charge in [0.1, 0.15) is 5.82 Å². The Morgan fingerprint density at radius 3 is 2.53 bits per heavy atom. The average molecular weight is 223 g/mol. The third-order valence-electron chi connectivity index (χ3n) is 1.86. The van der Waals surface area contributed by atoms with Crippen LogP contribution in [-0.2, 0) is 0 Å². The average Bonchev–Trinajstić information content (AvgIpc) is 2.68. The van der Waals surface area contributed by atoms with E-state index in [0.717, 1.165) is 17.1 Å². The molecule has 0 radical (unpaired) electrons. The summed E-state index contributed by atoms with van der Waals surface area (Å²) in [6.45, 7) is 0. The number of benzene rings is 1. The molecule has 0 bridgehead atoms. The van der Waals surface area contributed by atoms with Gasteiger partial charge in [-0.2, -0.15) is 4.37 Å². The molecule has 0 atom stereocenters. The Labute approximate surface area is 89.0 Å². The molecule has 76 valence electrons. The SMILES string of the molecule is O=C(O)c1cc(-c2ccc(F)cc2)sn1. The van der Waals surface area contributed by atoms with Crippen LogP contribution in [0.1, 0.15) is 10.5 Å². The van der Waals surface area contributed by atoms with E-state index in [4.69, 9.17) is 5.11 Å². The van der Waals surface area contributed by atoms with E-state index in [1.54, 1.807) is 12.1 Å². The number of rotatable bonds is 2. The molecule has 0 aliphatic heterocycles. The molecule has 0 amide bonds. The van der Waals surface area contributed by atoms with Crippen LogP contribution in [0.3, 0.4) is 0 Å². The Morgan fingerprint density at radius 2 is 2.00 bits per heavy atom. The Balaban J connectivity index is 2.37. The molecule has 1 N–H and O–H groups in total. The Bertz CT molecular complexity index is 492. The number of halogens is 1. The van der Waals surface area contributed by atoms with Crippen LogP contribution in [0, 0.1) is 5.82 Å². The first kappa shape index (κ1) is 9.79. The predicted molar refractivity (Wildman–Crippen MR) is 54.5 cm³/mol. The maximum absolute atomic E-state index is 12.6. The molecule has 0 saturated heterocycles. The van der Waals surface area contributed by atoms with Crippen molar-refractivity contribution >= 4 is 17.5 Å². The first-order valence-corrected chi connectivity index (χ1v) is 4.90. The van der Waals surface area contributed by atoms with Gasteiger partial charge in [0, 0.05) is 0 Å². The van der Waals surface area contributed by atoms with Gasteiger partial charge in [-0.25, -0.2) is 9.18 Å². The molecular formula is C10H6FNO2S. The minimum Gasteiger partial charge on any atom is -0.476 e. The zero-order chi connectivity index (χ0) is 10.8. The van der Waals surface area contributed by atoms with E-state index in [-0.39, 0.29) is 11.5 Å². The van der Waals surface area contributed by atoms with Crippen LogP contribution < -0.4 is 0 Å². The second-order valence-corrected chi connectivity index (χ2v) is 3.69. The van der Waals surface area contributed by atoms with Gasteiger partial charge >= 0.3 is 5.97 Å². The fraction of sp³-hybridized carbons (Fsp3) is 0. The molecule has 0 aliphatic carbocycles. The Hall–Kier alpha value is -1.75. The van der Waals surface area contributed by atoms with Crippen molar-refractivity contribution < 1.29 is 14.3 Å². The van der Waals surface area contributed by atoms with Crippen LogP contribution in [0.25, 0.3) is 10.4 Å². The van der Waals surface area contributed by atoms with Gasteiger partial charge in [0.15, 0.2) is 5.69 Å². The number of hydrogen-bond donors (Lipinski definition) is 1. The summed E-state index contributed by atoms with van der Waals surface area (Å²) in [4.78, 5) is 11.3. The van der Waals surface area contributed by atoms with Crippen LogP contribution in [0.2, 0.25) is 0 Å². The Morgan fingerprint density at radius 1 is 1.33 bits per heavy atom. The Kier molecular flexibility index (Phi) is 2.47. The molecule has 1 aromatic carbocycles. The lowest BCUT2D eigenvalue weighted by atomic mass is 10.2. The summed E-state index contributed by atoms with van der Waals surface area (Å²) in [5.41, 5.74) is 0.778. The minimum atomic E-state index is -1.06. The first-order valence-electron chi connectivity index (χ1n) is 4.13. The lowest BCUT2D eigenvalue weighted by Crippen LogP contribution is -1.94. The van der Waals surface area contributed by atoms with Crippen LogP contribution in [-0.4, -0.2) is 15.4 Å². The quantitative estimate of drug-likeness (QED) is 0.851. The normalized spacial score (nSPS) is 10.2. The monoisotopic (exact) mass is 223 g/mol. The maximum atomic E-state index is 12.6. The van der Waals surface area contributed by atoms with Crippen molar-refractivity contribution in [3.8, 4) is 10.4 Å². The molecule has 0 spiro atoms. The van der Waals surface area contributed by atoms with Gasteiger partial charge in [-0.15, -0.1) is 0 Å². The predicted octanol–water partition coefficient (Wildman–Crippen LogP) is 2.65. The van der Waals surface area contributed by atoms with Crippen molar-refractivity contribution in [3.05, 3.63) is 41.8 Å². The smallest absolute Gasteiger partial charge is 0.355 e. The zero-order valence-electron chi connectivity index (χ0n) is 7.48.